The van der Waals surface area contributed by atoms with Crippen molar-refractivity contribution in [1.29, 1.82) is 0 Å². The average molecular weight is 381 g/mol. The van der Waals surface area contributed by atoms with Gasteiger partial charge in [0.15, 0.2) is 5.82 Å². The third-order valence-corrected chi connectivity index (χ3v) is 5.12. The summed E-state index contributed by atoms with van der Waals surface area (Å²) < 4.78 is 17.2. The highest BCUT2D eigenvalue weighted by Gasteiger charge is 2.29. The average Bonchev–Trinajstić information content (AvgIpc) is 3.31. The van der Waals surface area contributed by atoms with Crippen molar-refractivity contribution in [2.45, 2.75) is 52.1 Å². The number of likely N-dealkylation sites (tertiary alicyclic amines) is 1. The Kier molecular flexibility index (Phi) is 5.76. The molecule has 0 amide bonds. The van der Waals surface area contributed by atoms with Gasteiger partial charge in [0.25, 0.3) is 0 Å². The van der Waals surface area contributed by atoms with Crippen LogP contribution in [0.15, 0.2) is 45.3 Å². The van der Waals surface area contributed by atoms with Crippen LogP contribution < -0.4 is 4.74 Å². The van der Waals surface area contributed by atoms with Gasteiger partial charge in [-0.15, -0.1) is 0 Å². The van der Waals surface area contributed by atoms with Gasteiger partial charge in [0.05, 0.1) is 19.2 Å². The Morgan fingerprint density at radius 2 is 2.11 bits per heavy atom. The molecule has 3 aromatic rings. The molecule has 2 aromatic heterocycles. The van der Waals surface area contributed by atoms with E-state index in [0.29, 0.717) is 24.7 Å². The summed E-state index contributed by atoms with van der Waals surface area (Å²) in [5, 5.41) is 4.17. The Morgan fingerprint density at radius 1 is 1.18 bits per heavy atom. The van der Waals surface area contributed by atoms with Crippen molar-refractivity contribution >= 4 is 0 Å². The lowest BCUT2D eigenvalue weighted by molar-refractivity contribution is 0.103. The molecule has 1 saturated heterocycles. The predicted molar refractivity (Wildman–Crippen MR) is 105 cm³/mol. The van der Waals surface area contributed by atoms with Gasteiger partial charge in [-0.05, 0) is 63.1 Å². The zero-order valence-corrected chi connectivity index (χ0v) is 16.6. The van der Waals surface area contributed by atoms with Crippen LogP contribution >= 0.6 is 0 Å². The molecule has 28 heavy (non-hydrogen) atoms. The lowest BCUT2D eigenvalue weighted by atomic mass is 10.0. The number of furan rings is 1. The summed E-state index contributed by atoms with van der Waals surface area (Å²) in [6.45, 7) is 6.34. The van der Waals surface area contributed by atoms with Gasteiger partial charge in [-0.1, -0.05) is 23.7 Å². The van der Waals surface area contributed by atoms with Crippen LogP contribution in [0.3, 0.4) is 0 Å². The minimum absolute atomic E-state index is 0.151. The molecule has 1 unspecified atom stereocenters. The van der Waals surface area contributed by atoms with Crippen LogP contribution in [0.2, 0.25) is 0 Å². The lowest BCUT2D eigenvalue weighted by Crippen LogP contribution is -2.33. The number of benzene rings is 1. The Hall–Kier alpha value is -2.60. The minimum Gasteiger partial charge on any atom is -0.493 e. The van der Waals surface area contributed by atoms with E-state index in [2.05, 4.69) is 28.0 Å². The van der Waals surface area contributed by atoms with E-state index in [1.165, 1.54) is 18.4 Å². The quantitative estimate of drug-likeness (QED) is 0.595. The van der Waals surface area contributed by atoms with E-state index < -0.39 is 0 Å². The number of hydrogen-bond donors (Lipinski definition) is 0. The van der Waals surface area contributed by atoms with Gasteiger partial charge >= 0.3 is 0 Å². The van der Waals surface area contributed by atoms with Gasteiger partial charge in [-0.3, -0.25) is 4.90 Å². The molecule has 0 N–H and O–H groups in total. The molecule has 1 aliphatic heterocycles. The van der Waals surface area contributed by atoms with E-state index in [1.807, 2.05) is 37.3 Å². The fraction of sp³-hybridized carbons (Fsp3) is 0.455. The van der Waals surface area contributed by atoms with Crippen molar-refractivity contribution in [3.8, 4) is 5.75 Å². The molecule has 0 aliphatic carbocycles. The number of ether oxygens (including phenoxy) is 1. The molecule has 3 heterocycles. The first-order valence-electron chi connectivity index (χ1n) is 9.99. The van der Waals surface area contributed by atoms with Crippen molar-refractivity contribution in [2.24, 2.45) is 0 Å². The topological polar surface area (TPSA) is 64.5 Å². The highest BCUT2D eigenvalue weighted by molar-refractivity contribution is 5.27. The number of aromatic nitrogens is 2. The zero-order valence-electron chi connectivity index (χ0n) is 16.6. The summed E-state index contributed by atoms with van der Waals surface area (Å²) >= 11 is 0. The molecular weight excluding hydrogens is 354 g/mol. The summed E-state index contributed by atoms with van der Waals surface area (Å²) in [6.07, 6.45) is 4.01. The van der Waals surface area contributed by atoms with Crippen LogP contribution in [0.4, 0.5) is 0 Å². The first-order chi connectivity index (χ1) is 13.7. The summed E-state index contributed by atoms with van der Waals surface area (Å²) in [5.41, 5.74) is 1.18. The van der Waals surface area contributed by atoms with Crippen LogP contribution in [0.25, 0.3) is 0 Å². The highest BCUT2D eigenvalue weighted by atomic mass is 16.5. The van der Waals surface area contributed by atoms with E-state index in [0.717, 1.165) is 36.8 Å². The molecule has 6 nitrogen and oxygen atoms in total. The molecule has 0 saturated carbocycles. The maximum absolute atomic E-state index is 5.80. The molecule has 1 atom stereocenters. The van der Waals surface area contributed by atoms with Crippen molar-refractivity contribution in [3.63, 3.8) is 0 Å². The Bertz CT molecular complexity index is 902. The molecule has 4 rings (SSSR count). The van der Waals surface area contributed by atoms with Crippen molar-refractivity contribution in [1.82, 2.24) is 15.0 Å². The van der Waals surface area contributed by atoms with Crippen LogP contribution in [-0.4, -0.2) is 28.2 Å². The smallest absolute Gasteiger partial charge is 0.244 e. The molecular formula is C22H27N3O3. The lowest BCUT2D eigenvalue weighted by Gasteiger charge is -2.32. The van der Waals surface area contributed by atoms with E-state index in [9.17, 15) is 0 Å². The van der Waals surface area contributed by atoms with Crippen LogP contribution in [-0.2, 0) is 13.0 Å². The Morgan fingerprint density at radius 3 is 2.93 bits per heavy atom. The third kappa shape index (κ3) is 4.62. The number of piperidine rings is 1. The zero-order chi connectivity index (χ0) is 19.3. The van der Waals surface area contributed by atoms with Crippen molar-refractivity contribution in [2.75, 3.05) is 13.2 Å². The molecule has 148 valence electrons. The molecule has 1 aliphatic rings. The molecule has 1 fully saturated rings. The predicted octanol–water partition coefficient (Wildman–Crippen LogP) is 4.63. The van der Waals surface area contributed by atoms with E-state index >= 15 is 0 Å². The SMILES string of the molecule is Cc1cccc(OCCc2noc(C3CCCCN3Cc3ccc(C)o3)n2)c1. The van der Waals surface area contributed by atoms with Gasteiger partial charge in [0, 0.05) is 6.42 Å². The van der Waals surface area contributed by atoms with Gasteiger partial charge in [0.1, 0.15) is 17.3 Å². The second-order valence-electron chi connectivity index (χ2n) is 7.46. The maximum Gasteiger partial charge on any atom is 0.244 e. The van der Waals surface area contributed by atoms with Gasteiger partial charge in [-0.25, -0.2) is 0 Å². The fourth-order valence-corrected chi connectivity index (χ4v) is 3.70. The maximum atomic E-state index is 5.80. The van der Waals surface area contributed by atoms with Crippen LogP contribution in [0.1, 0.15) is 54.1 Å². The molecule has 0 bridgehead atoms. The van der Waals surface area contributed by atoms with Gasteiger partial charge in [-0.2, -0.15) is 4.98 Å². The minimum atomic E-state index is 0.151. The van der Waals surface area contributed by atoms with E-state index in [1.54, 1.807) is 0 Å². The van der Waals surface area contributed by atoms with Crippen LogP contribution in [0, 0.1) is 13.8 Å². The summed E-state index contributed by atoms with van der Waals surface area (Å²) in [6, 6.07) is 12.2. The fourth-order valence-electron chi connectivity index (χ4n) is 3.70. The first-order valence-corrected chi connectivity index (χ1v) is 9.99. The van der Waals surface area contributed by atoms with E-state index in [-0.39, 0.29) is 6.04 Å². The largest absolute Gasteiger partial charge is 0.493 e. The summed E-state index contributed by atoms with van der Waals surface area (Å²) in [4.78, 5) is 7.03. The summed E-state index contributed by atoms with van der Waals surface area (Å²) in [5.74, 6) is 4.19. The van der Waals surface area contributed by atoms with E-state index in [4.69, 9.17) is 13.7 Å². The van der Waals surface area contributed by atoms with Crippen molar-refractivity contribution in [3.05, 3.63) is 65.2 Å². The highest BCUT2D eigenvalue weighted by Crippen LogP contribution is 2.31. The second kappa shape index (κ2) is 8.61. The Labute approximate surface area is 165 Å². The standard InChI is InChI=1S/C22H27N3O3/c1-16-6-5-7-18(14-16)26-13-11-21-23-22(28-24-21)20-8-3-4-12-25(20)15-19-10-9-17(2)27-19/h5-7,9-10,14,20H,3-4,8,11-13,15H2,1-2H3. The molecule has 0 radical (unpaired) electrons. The normalized spacial score (nSPS) is 17.7. The first kappa shape index (κ1) is 18.7. The van der Waals surface area contributed by atoms with Gasteiger partial charge < -0.3 is 13.7 Å². The number of hydrogen-bond acceptors (Lipinski definition) is 6. The Balaban J connectivity index is 1.36. The van der Waals surface area contributed by atoms with Crippen LogP contribution in [0.5, 0.6) is 5.75 Å². The third-order valence-electron chi connectivity index (χ3n) is 5.12. The summed E-state index contributed by atoms with van der Waals surface area (Å²) in [7, 11) is 0. The molecule has 0 spiro atoms. The number of nitrogens with zero attached hydrogens (tertiary/aromatic N) is 3. The number of aryl methyl sites for hydroxylation is 2. The molecule has 6 heteroatoms. The van der Waals surface area contributed by atoms with Crippen molar-refractivity contribution < 1.29 is 13.7 Å². The monoisotopic (exact) mass is 381 g/mol. The molecule has 1 aromatic carbocycles. The van der Waals surface area contributed by atoms with Gasteiger partial charge in [0.2, 0.25) is 5.89 Å². The second-order valence-corrected chi connectivity index (χ2v) is 7.46. The number of rotatable bonds is 7.